The van der Waals surface area contributed by atoms with Gasteiger partial charge in [-0.3, -0.25) is 19.5 Å². The molecule has 2 aromatic carbocycles. The first-order valence-corrected chi connectivity index (χ1v) is 8.48. The van der Waals surface area contributed by atoms with Crippen LogP contribution < -0.4 is 4.74 Å². The summed E-state index contributed by atoms with van der Waals surface area (Å²) < 4.78 is 6.89. The maximum Gasteiger partial charge on any atom is 0.235 e. The van der Waals surface area contributed by atoms with Gasteiger partial charge in [-0.1, -0.05) is 30.3 Å². The molecule has 6 nitrogen and oxygen atoms in total. The molecule has 6 heteroatoms. The highest BCUT2D eigenvalue weighted by Gasteiger charge is 2.43. The molecule has 1 aromatic heterocycles. The number of carbonyl (C=O) groups is 1. The van der Waals surface area contributed by atoms with E-state index in [0.29, 0.717) is 12.2 Å². The third kappa shape index (κ3) is 2.63. The molecule has 132 valence electrons. The highest BCUT2D eigenvalue weighted by Crippen LogP contribution is 2.40. The molecular formula is C20H18N2O4. The number of benzene rings is 2. The molecule has 0 bridgehead atoms. The number of nitro groups is 1. The predicted molar refractivity (Wildman–Crippen MR) is 97.4 cm³/mol. The minimum Gasteiger partial charge on any atom is -0.497 e. The average Bonchev–Trinajstić information content (AvgIpc) is 3.12. The Morgan fingerprint density at radius 3 is 2.58 bits per heavy atom. The third-order valence-corrected chi connectivity index (χ3v) is 5.08. The van der Waals surface area contributed by atoms with Crippen LogP contribution in [-0.4, -0.2) is 29.1 Å². The summed E-state index contributed by atoms with van der Waals surface area (Å²) in [6.45, 7) is -0.253. The maximum atomic E-state index is 13.1. The van der Waals surface area contributed by atoms with Gasteiger partial charge in [0.2, 0.25) is 12.5 Å². The molecule has 1 aliphatic rings. The molecule has 1 aliphatic heterocycles. The Hall–Kier alpha value is -3.15. The van der Waals surface area contributed by atoms with Crippen LogP contribution in [-0.2, 0) is 6.42 Å². The number of methoxy groups -OCH3 is 1. The van der Waals surface area contributed by atoms with E-state index in [1.165, 1.54) is 0 Å². The number of fused-ring (bicyclic) bond motifs is 3. The van der Waals surface area contributed by atoms with Crippen LogP contribution in [0.3, 0.4) is 0 Å². The molecule has 2 heterocycles. The van der Waals surface area contributed by atoms with Crippen molar-refractivity contribution in [2.75, 3.05) is 13.7 Å². The largest absolute Gasteiger partial charge is 0.497 e. The van der Waals surface area contributed by atoms with Crippen molar-refractivity contribution in [3.8, 4) is 5.75 Å². The van der Waals surface area contributed by atoms with Crippen LogP contribution in [0.1, 0.15) is 22.0 Å². The molecule has 3 aromatic rings. The second kappa shape index (κ2) is 6.29. The van der Waals surface area contributed by atoms with Gasteiger partial charge in [0.1, 0.15) is 5.75 Å². The summed E-state index contributed by atoms with van der Waals surface area (Å²) in [7, 11) is 1.58. The number of nitrogens with zero attached hydrogens (tertiary/aromatic N) is 2. The molecular weight excluding hydrogens is 332 g/mol. The monoisotopic (exact) mass is 350 g/mol. The van der Waals surface area contributed by atoms with Crippen molar-refractivity contribution in [3.63, 3.8) is 0 Å². The van der Waals surface area contributed by atoms with Crippen molar-refractivity contribution in [1.29, 1.82) is 0 Å². The van der Waals surface area contributed by atoms with E-state index in [1.807, 2.05) is 48.5 Å². The summed E-state index contributed by atoms with van der Waals surface area (Å²) in [5, 5.41) is 12.1. The van der Waals surface area contributed by atoms with Crippen molar-refractivity contribution in [2.24, 2.45) is 5.92 Å². The maximum absolute atomic E-state index is 13.1. The molecule has 26 heavy (non-hydrogen) atoms. The summed E-state index contributed by atoms with van der Waals surface area (Å²) in [5.41, 5.74) is 2.50. The molecule has 0 aliphatic carbocycles. The number of rotatable bonds is 5. The van der Waals surface area contributed by atoms with E-state index in [2.05, 4.69) is 0 Å². The third-order valence-electron chi connectivity index (χ3n) is 5.08. The highest BCUT2D eigenvalue weighted by atomic mass is 16.6. The fraction of sp³-hybridized carbons (Fsp3) is 0.250. The standard InChI is InChI=1S/C20H18N2O4/c1-26-15-7-8-18-14(10-15)11-19-17(12-21(24)25)16(20(23)22(18)19)9-13-5-3-2-4-6-13/h2-8,10-11,16-17H,9,12H2,1H3/t16-,17+/m0/s1. The minimum atomic E-state index is -0.434. The SMILES string of the molecule is COc1ccc2c(c1)cc1n2C(=O)[C@@H](Cc2ccccc2)[C@H]1C[N+](=O)[O-]. The van der Waals surface area contributed by atoms with Crippen molar-refractivity contribution in [3.05, 3.63) is 76.0 Å². The van der Waals surface area contributed by atoms with Gasteiger partial charge in [-0.15, -0.1) is 0 Å². The van der Waals surface area contributed by atoms with Crippen LogP contribution in [0, 0.1) is 16.0 Å². The quantitative estimate of drug-likeness (QED) is 0.521. The van der Waals surface area contributed by atoms with Crippen molar-refractivity contribution >= 4 is 16.8 Å². The fourth-order valence-corrected chi connectivity index (χ4v) is 3.88. The number of ether oxygens (including phenoxy) is 1. The zero-order valence-corrected chi connectivity index (χ0v) is 14.3. The zero-order valence-electron chi connectivity index (χ0n) is 14.3. The molecule has 0 fully saturated rings. The van der Waals surface area contributed by atoms with E-state index < -0.39 is 11.8 Å². The molecule has 2 atom stereocenters. The molecule has 4 rings (SSSR count). The second-order valence-corrected chi connectivity index (χ2v) is 6.59. The fourth-order valence-electron chi connectivity index (χ4n) is 3.88. The Kier molecular flexibility index (Phi) is 3.95. The van der Waals surface area contributed by atoms with Gasteiger partial charge in [-0.2, -0.15) is 0 Å². The van der Waals surface area contributed by atoms with Crippen molar-refractivity contribution < 1.29 is 14.5 Å². The van der Waals surface area contributed by atoms with E-state index in [0.717, 1.165) is 22.2 Å². The Balaban J connectivity index is 1.79. The van der Waals surface area contributed by atoms with Gasteiger partial charge in [-0.05, 0) is 36.2 Å². The summed E-state index contributed by atoms with van der Waals surface area (Å²) in [5.74, 6) is -0.239. The highest BCUT2D eigenvalue weighted by molar-refractivity contribution is 5.98. The van der Waals surface area contributed by atoms with E-state index in [9.17, 15) is 14.9 Å². The van der Waals surface area contributed by atoms with Crippen LogP contribution in [0.15, 0.2) is 54.6 Å². The number of hydrogen-bond acceptors (Lipinski definition) is 4. The van der Waals surface area contributed by atoms with Crippen LogP contribution in [0.25, 0.3) is 10.9 Å². The molecule has 0 amide bonds. The smallest absolute Gasteiger partial charge is 0.235 e. The second-order valence-electron chi connectivity index (χ2n) is 6.59. The first kappa shape index (κ1) is 16.3. The molecule has 0 spiro atoms. The van der Waals surface area contributed by atoms with Gasteiger partial charge in [-0.25, -0.2) is 0 Å². The molecule has 0 saturated heterocycles. The molecule has 0 N–H and O–H groups in total. The van der Waals surface area contributed by atoms with E-state index in [-0.39, 0.29) is 17.4 Å². The first-order chi connectivity index (χ1) is 12.6. The van der Waals surface area contributed by atoms with Crippen LogP contribution in [0.2, 0.25) is 0 Å². The summed E-state index contributed by atoms with van der Waals surface area (Å²) in [4.78, 5) is 24.1. The molecule has 0 radical (unpaired) electrons. The predicted octanol–water partition coefficient (Wildman–Crippen LogP) is 3.52. The lowest BCUT2D eigenvalue weighted by Crippen LogP contribution is -2.23. The van der Waals surface area contributed by atoms with Crippen LogP contribution in [0.5, 0.6) is 5.75 Å². The van der Waals surface area contributed by atoms with E-state index in [4.69, 9.17) is 4.74 Å². The van der Waals surface area contributed by atoms with Gasteiger partial charge < -0.3 is 4.74 Å². The summed E-state index contributed by atoms with van der Waals surface area (Å²) in [6.07, 6.45) is 0.498. The number of aromatic nitrogens is 1. The van der Waals surface area contributed by atoms with Crippen LogP contribution >= 0.6 is 0 Å². The summed E-state index contributed by atoms with van der Waals surface area (Å²) >= 11 is 0. The Morgan fingerprint density at radius 1 is 1.12 bits per heavy atom. The number of hydrogen-bond donors (Lipinski definition) is 0. The van der Waals surface area contributed by atoms with Gasteiger partial charge in [0.15, 0.2) is 0 Å². The molecule has 0 unspecified atom stereocenters. The lowest BCUT2D eigenvalue weighted by atomic mass is 9.86. The lowest BCUT2D eigenvalue weighted by Gasteiger charge is -2.14. The van der Waals surface area contributed by atoms with E-state index in [1.54, 1.807) is 17.7 Å². The van der Waals surface area contributed by atoms with Gasteiger partial charge in [0.05, 0.1) is 24.5 Å². The first-order valence-electron chi connectivity index (χ1n) is 8.48. The Labute approximate surface area is 150 Å². The Morgan fingerprint density at radius 2 is 1.88 bits per heavy atom. The topological polar surface area (TPSA) is 74.4 Å². The van der Waals surface area contributed by atoms with Gasteiger partial charge in [0.25, 0.3) is 0 Å². The average molecular weight is 350 g/mol. The van der Waals surface area contributed by atoms with E-state index >= 15 is 0 Å². The van der Waals surface area contributed by atoms with Gasteiger partial charge >= 0.3 is 0 Å². The summed E-state index contributed by atoms with van der Waals surface area (Å²) in [6, 6.07) is 17.0. The minimum absolute atomic E-state index is 0.0733. The van der Waals surface area contributed by atoms with Crippen molar-refractivity contribution in [2.45, 2.75) is 12.3 Å². The van der Waals surface area contributed by atoms with Gasteiger partial charge in [0, 0.05) is 16.0 Å². The lowest BCUT2D eigenvalue weighted by molar-refractivity contribution is -0.484. The Bertz CT molecular complexity index is 994. The van der Waals surface area contributed by atoms with Crippen LogP contribution in [0.4, 0.5) is 0 Å². The number of carbonyl (C=O) groups excluding carboxylic acids is 1. The normalized spacial score (nSPS) is 18.9. The molecule has 0 saturated carbocycles. The van der Waals surface area contributed by atoms with Crippen molar-refractivity contribution in [1.82, 2.24) is 4.57 Å². The zero-order chi connectivity index (χ0) is 18.3.